The van der Waals surface area contributed by atoms with Gasteiger partial charge in [0, 0.05) is 36.6 Å². The van der Waals surface area contributed by atoms with Crippen molar-refractivity contribution in [2.45, 2.75) is 55.1 Å². The largest absolute Gasteiger partial charge is 0.370 e. The number of nitrogens with one attached hydrogen (secondary N) is 1. The number of nitrogens with zero attached hydrogens (tertiary/aromatic N) is 4. The number of H-pyrrole nitrogens is 1. The predicted molar refractivity (Wildman–Crippen MR) is 119 cm³/mol. The number of urea groups is 1. The van der Waals surface area contributed by atoms with E-state index in [0.29, 0.717) is 35.4 Å². The fourth-order valence-corrected chi connectivity index (χ4v) is 6.37. The molecule has 33 heavy (non-hydrogen) atoms. The Morgan fingerprint density at radius 1 is 1.09 bits per heavy atom. The summed E-state index contributed by atoms with van der Waals surface area (Å²) in [6, 6.07) is 6.98. The fraction of sp³-hybridized carbons (Fsp3) is 0.609. The minimum atomic E-state index is -3.29. The SMILES string of the molecule is CS(=O)(=O)c1ccccc1COC1CN(C(=O)N2CC3(CC(c4nnc(C5CC5)[nH]4)C3)C2)C1. The molecule has 2 aromatic rings. The third-order valence-electron chi connectivity index (χ3n) is 7.52. The predicted octanol–water partition coefficient (Wildman–Crippen LogP) is 2.29. The van der Waals surface area contributed by atoms with Gasteiger partial charge in [-0.05, 0) is 37.3 Å². The number of benzene rings is 1. The van der Waals surface area contributed by atoms with Gasteiger partial charge in [0.15, 0.2) is 9.84 Å². The van der Waals surface area contributed by atoms with E-state index in [-0.39, 0.29) is 24.2 Å². The van der Waals surface area contributed by atoms with Crippen LogP contribution in [-0.2, 0) is 21.2 Å². The number of amides is 2. The minimum absolute atomic E-state index is 0.0583. The van der Waals surface area contributed by atoms with Gasteiger partial charge in [-0.1, -0.05) is 18.2 Å². The lowest BCUT2D eigenvalue weighted by atomic mass is 9.57. The number of aromatic amines is 1. The number of hydrogen-bond donors (Lipinski definition) is 1. The first-order chi connectivity index (χ1) is 15.8. The number of carbonyl (C=O) groups is 1. The second-order valence-corrected chi connectivity index (χ2v) is 12.3. The molecule has 2 saturated carbocycles. The third-order valence-corrected chi connectivity index (χ3v) is 8.72. The van der Waals surface area contributed by atoms with Gasteiger partial charge >= 0.3 is 6.03 Å². The van der Waals surface area contributed by atoms with Crippen molar-refractivity contribution in [1.29, 1.82) is 0 Å². The topological polar surface area (TPSA) is 108 Å². The summed E-state index contributed by atoms with van der Waals surface area (Å²) in [7, 11) is -3.29. The molecule has 9 nitrogen and oxygen atoms in total. The van der Waals surface area contributed by atoms with E-state index in [4.69, 9.17) is 4.74 Å². The first kappa shape index (κ1) is 21.1. The molecule has 2 aliphatic carbocycles. The molecule has 10 heteroatoms. The van der Waals surface area contributed by atoms with Crippen LogP contribution in [0.3, 0.4) is 0 Å². The highest BCUT2D eigenvalue weighted by Crippen LogP contribution is 2.55. The Hall–Kier alpha value is -2.46. The highest BCUT2D eigenvalue weighted by Gasteiger charge is 2.56. The number of sulfone groups is 1. The van der Waals surface area contributed by atoms with Crippen LogP contribution in [0.2, 0.25) is 0 Å². The van der Waals surface area contributed by atoms with E-state index in [2.05, 4.69) is 15.2 Å². The van der Waals surface area contributed by atoms with Gasteiger partial charge < -0.3 is 19.5 Å². The van der Waals surface area contributed by atoms with Gasteiger partial charge in [-0.25, -0.2) is 13.2 Å². The van der Waals surface area contributed by atoms with Gasteiger partial charge in [0.2, 0.25) is 0 Å². The first-order valence-corrected chi connectivity index (χ1v) is 13.5. The molecule has 1 N–H and O–H groups in total. The number of carbonyl (C=O) groups excluding carboxylic acids is 1. The second kappa shape index (κ2) is 7.53. The smallest absolute Gasteiger partial charge is 0.320 e. The molecule has 176 valence electrons. The van der Waals surface area contributed by atoms with Crippen molar-refractivity contribution >= 4 is 15.9 Å². The molecule has 0 unspecified atom stereocenters. The number of likely N-dealkylation sites (tertiary alicyclic amines) is 2. The van der Waals surface area contributed by atoms with E-state index in [1.54, 1.807) is 18.2 Å². The van der Waals surface area contributed by atoms with Crippen molar-refractivity contribution in [3.05, 3.63) is 41.5 Å². The van der Waals surface area contributed by atoms with Gasteiger partial charge in [-0.15, -0.1) is 10.2 Å². The number of hydrogen-bond acceptors (Lipinski definition) is 6. The molecule has 1 aromatic carbocycles. The van der Waals surface area contributed by atoms with E-state index < -0.39 is 9.84 Å². The Morgan fingerprint density at radius 2 is 1.76 bits per heavy atom. The van der Waals surface area contributed by atoms with Crippen molar-refractivity contribution in [3.8, 4) is 0 Å². The molecule has 0 radical (unpaired) electrons. The molecule has 4 aliphatic rings. The molecule has 1 aromatic heterocycles. The molecule has 0 atom stereocenters. The number of rotatable bonds is 6. The van der Waals surface area contributed by atoms with Crippen molar-refractivity contribution in [3.63, 3.8) is 0 Å². The summed E-state index contributed by atoms with van der Waals surface area (Å²) >= 11 is 0. The normalized spacial score (nSPS) is 22.7. The standard InChI is InChI=1S/C23H29N5O4S/c1-33(30,31)19-5-3-2-4-16(19)12-32-18-10-27(11-18)22(29)28-13-23(14-28)8-17(9-23)21-24-20(25-26-21)15-6-7-15/h2-5,15,17-18H,6-14H2,1H3,(H,24,25,26). The van der Waals surface area contributed by atoms with Crippen LogP contribution in [0.1, 0.15) is 54.7 Å². The zero-order valence-electron chi connectivity index (χ0n) is 18.7. The van der Waals surface area contributed by atoms with Crippen molar-refractivity contribution in [2.75, 3.05) is 32.4 Å². The van der Waals surface area contributed by atoms with Gasteiger partial charge in [0.25, 0.3) is 0 Å². The summed E-state index contributed by atoms with van der Waals surface area (Å²) in [5.41, 5.74) is 0.910. The lowest BCUT2D eigenvalue weighted by molar-refractivity contribution is -0.0829. The van der Waals surface area contributed by atoms with E-state index in [0.717, 1.165) is 37.6 Å². The van der Waals surface area contributed by atoms with Crippen LogP contribution in [0.4, 0.5) is 4.79 Å². The average Bonchev–Trinajstić information content (AvgIpc) is 3.42. The average molecular weight is 472 g/mol. The van der Waals surface area contributed by atoms with Crippen LogP contribution in [0.25, 0.3) is 0 Å². The molecule has 2 saturated heterocycles. The van der Waals surface area contributed by atoms with Crippen LogP contribution in [0.15, 0.2) is 29.2 Å². The van der Waals surface area contributed by atoms with Gasteiger partial charge in [-0.3, -0.25) is 0 Å². The Labute approximate surface area is 193 Å². The minimum Gasteiger partial charge on any atom is -0.370 e. The highest BCUT2D eigenvalue weighted by atomic mass is 32.2. The Bertz CT molecular complexity index is 1170. The summed E-state index contributed by atoms with van der Waals surface area (Å²) in [5, 5.41) is 8.65. The summed E-state index contributed by atoms with van der Waals surface area (Å²) < 4.78 is 29.7. The lowest BCUT2D eigenvalue weighted by Crippen LogP contribution is -2.68. The highest BCUT2D eigenvalue weighted by molar-refractivity contribution is 7.90. The molecule has 6 rings (SSSR count). The lowest BCUT2D eigenvalue weighted by Gasteiger charge is -2.59. The number of ether oxygens (including phenoxy) is 1. The van der Waals surface area contributed by atoms with Crippen LogP contribution in [0, 0.1) is 5.41 Å². The van der Waals surface area contributed by atoms with Crippen LogP contribution >= 0.6 is 0 Å². The van der Waals surface area contributed by atoms with E-state index in [9.17, 15) is 13.2 Å². The quantitative estimate of drug-likeness (QED) is 0.693. The van der Waals surface area contributed by atoms with Crippen LogP contribution in [0.5, 0.6) is 0 Å². The summed E-state index contributed by atoms with van der Waals surface area (Å²) in [5.74, 6) is 3.10. The first-order valence-electron chi connectivity index (χ1n) is 11.7. The number of aromatic nitrogens is 3. The zero-order chi connectivity index (χ0) is 22.8. The molecule has 1 spiro atoms. The molecule has 4 fully saturated rings. The molecular formula is C23H29N5O4S. The molecule has 2 aliphatic heterocycles. The Kier molecular flexibility index (Phi) is 4.81. The zero-order valence-corrected chi connectivity index (χ0v) is 19.6. The van der Waals surface area contributed by atoms with Crippen molar-refractivity contribution in [2.24, 2.45) is 5.41 Å². The Morgan fingerprint density at radius 3 is 2.42 bits per heavy atom. The van der Waals surface area contributed by atoms with Gasteiger partial charge in [-0.2, -0.15) is 0 Å². The van der Waals surface area contributed by atoms with E-state index >= 15 is 0 Å². The summed E-state index contributed by atoms with van der Waals surface area (Å²) in [6.45, 7) is 2.96. The van der Waals surface area contributed by atoms with Crippen LogP contribution < -0.4 is 0 Å². The fourth-order valence-electron chi connectivity index (χ4n) is 5.44. The maximum Gasteiger partial charge on any atom is 0.320 e. The maximum atomic E-state index is 12.8. The van der Waals surface area contributed by atoms with Gasteiger partial charge in [0.1, 0.15) is 11.6 Å². The molecule has 0 bridgehead atoms. The van der Waals surface area contributed by atoms with E-state index in [1.807, 2.05) is 15.9 Å². The Balaban J connectivity index is 0.941. The maximum absolute atomic E-state index is 12.8. The molecular weight excluding hydrogens is 442 g/mol. The third kappa shape index (κ3) is 3.93. The monoisotopic (exact) mass is 471 g/mol. The summed E-state index contributed by atoms with van der Waals surface area (Å²) in [4.78, 5) is 20.2. The molecule has 2 amide bonds. The second-order valence-electron chi connectivity index (χ2n) is 10.3. The molecule has 3 heterocycles. The van der Waals surface area contributed by atoms with Crippen molar-refractivity contribution in [1.82, 2.24) is 25.0 Å². The van der Waals surface area contributed by atoms with Crippen LogP contribution in [-0.4, -0.2) is 78.0 Å². The van der Waals surface area contributed by atoms with E-state index in [1.165, 1.54) is 19.1 Å². The summed E-state index contributed by atoms with van der Waals surface area (Å²) in [6.07, 6.45) is 5.73. The van der Waals surface area contributed by atoms with Crippen molar-refractivity contribution < 1.29 is 17.9 Å². The van der Waals surface area contributed by atoms with Gasteiger partial charge in [0.05, 0.1) is 30.7 Å².